The Morgan fingerprint density at radius 3 is 2.67 bits per heavy atom. The van der Waals surface area contributed by atoms with Crippen molar-refractivity contribution in [2.45, 2.75) is 31.1 Å². The van der Waals surface area contributed by atoms with Gasteiger partial charge in [-0.2, -0.15) is 0 Å². The molecule has 0 radical (unpaired) electrons. The Morgan fingerprint density at radius 2 is 2.10 bits per heavy atom. The van der Waals surface area contributed by atoms with Crippen LogP contribution in [0.4, 0.5) is 0 Å². The summed E-state index contributed by atoms with van der Waals surface area (Å²) >= 11 is 0. The fraction of sp³-hybridized carbons (Fsp3) is 0.500. The van der Waals surface area contributed by atoms with Crippen LogP contribution in [0.1, 0.15) is 31.2 Å². The van der Waals surface area contributed by atoms with E-state index < -0.39 is 0 Å². The first kappa shape index (κ1) is 15.6. The molecule has 0 amide bonds. The Balaban J connectivity index is 1.87. The second kappa shape index (κ2) is 7.30. The van der Waals surface area contributed by atoms with Crippen LogP contribution in [0.15, 0.2) is 48.0 Å². The average Bonchev–Trinajstić information content (AvgIpc) is 3.30. The third kappa shape index (κ3) is 4.10. The molecule has 1 fully saturated rings. The Morgan fingerprint density at radius 1 is 1.38 bits per heavy atom. The summed E-state index contributed by atoms with van der Waals surface area (Å²) in [6.45, 7) is 5.74. The van der Waals surface area contributed by atoms with E-state index in [0.29, 0.717) is 5.41 Å². The zero-order valence-electron chi connectivity index (χ0n) is 13.3. The molecule has 0 heterocycles. The molecule has 0 unspecified atom stereocenters. The van der Waals surface area contributed by atoms with E-state index in [0.717, 1.165) is 31.9 Å². The maximum Gasteiger partial charge on any atom is 0.193 e. The van der Waals surface area contributed by atoms with E-state index in [1.807, 2.05) is 13.1 Å². The Kier molecular flexibility index (Phi) is 5.43. The van der Waals surface area contributed by atoms with Crippen molar-refractivity contribution in [1.29, 1.82) is 0 Å². The molecule has 114 valence electrons. The first-order valence-electron chi connectivity index (χ1n) is 7.80. The summed E-state index contributed by atoms with van der Waals surface area (Å²) in [6.07, 6.45) is 6.67. The maximum atomic E-state index is 4.40. The minimum absolute atomic E-state index is 0.319. The third-order valence-electron chi connectivity index (χ3n) is 4.30. The number of rotatable bonds is 7. The third-order valence-corrected chi connectivity index (χ3v) is 4.30. The molecule has 1 saturated carbocycles. The zero-order chi connectivity index (χ0) is 15.1. The summed E-state index contributed by atoms with van der Waals surface area (Å²) in [6, 6.07) is 10.8. The van der Waals surface area contributed by atoms with Gasteiger partial charge in [0.25, 0.3) is 0 Å². The van der Waals surface area contributed by atoms with E-state index >= 15 is 0 Å². The molecule has 3 heteroatoms. The quantitative estimate of drug-likeness (QED) is 0.360. The number of aliphatic imine (C=N–C) groups is 1. The lowest BCUT2D eigenvalue weighted by Gasteiger charge is -2.24. The molecule has 0 spiro atoms. The van der Waals surface area contributed by atoms with Crippen LogP contribution >= 0.6 is 0 Å². The van der Waals surface area contributed by atoms with Gasteiger partial charge in [0.1, 0.15) is 0 Å². The Labute approximate surface area is 128 Å². The highest BCUT2D eigenvalue weighted by Crippen LogP contribution is 2.47. The number of nitrogens with one attached hydrogen (secondary N) is 1. The van der Waals surface area contributed by atoms with Crippen LogP contribution in [-0.4, -0.2) is 38.0 Å². The van der Waals surface area contributed by atoms with Gasteiger partial charge >= 0.3 is 0 Å². The largest absolute Gasteiger partial charge is 0.355 e. The molecule has 1 N–H and O–H groups in total. The molecular weight excluding hydrogens is 258 g/mol. The lowest BCUT2D eigenvalue weighted by molar-refractivity contribution is 0.464. The topological polar surface area (TPSA) is 27.6 Å². The van der Waals surface area contributed by atoms with Crippen molar-refractivity contribution >= 4 is 5.96 Å². The highest BCUT2D eigenvalue weighted by molar-refractivity contribution is 5.79. The van der Waals surface area contributed by atoms with Gasteiger partial charge in [-0.15, -0.1) is 6.58 Å². The normalized spacial score (nSPS) is 16.4. The lowest BCUT2D eigenvalue weighted by atomic mass is 9.96. The Hall–Kier alpha value is -1.77. The van der Waals surface area contributed by atoms with Gasteiger partial charge in [0.2, 0.25) is 0 Å². The molecule has 1 aromatic carbocycles. The molecule has 1 aromatic rings. The molecular formula is C18H27N3. The van der Waals surface area contributed by atoms with E-state index in [1.165, 1.54) is 18.4 Å². The van der Waals surface area contributed by atoms with Gasteiger partial charge in [-0.05, 0) is 31.2 Å². The SMILES string of the molecule is C=CCCCN(C)C(=NC)NCC1(c2ccccc2)CC1. The number of hydrogen-bond donors (Lipinski definition) is 1. The van der Waals surface area contributed by atoms with Gasteiger partial charge in [-0.3, -0.25) is 4.99 Å². The van der Waals surface area contributed by atoms with Gasteiger partial charge < -0.3 is 10.2 Å². The van der Waals surface area contributed by atoms with Crippen molar-refractivity contribution in [3.63, 3.8) is 0 Å². The molecule has 2 rings (SSSR count). The minimum atomic E-state index is 0.319. The van der Waals surface area contributed by atoms with Crippen LogP contribution in [0.5, 0.6) is 0 Å². The highest BCUT2D eigenvalue weighted by Gasteiger charge is 2.44. The van der Waals surface area contributed by atoms with Crippen LogP contribution in [0, 0.1) is 0 Å². The second-order valence-corrected chi connectivity index (χ2v) is 5.90. The molecule has 21 heavy (non-hydrogen) atoms. The Bertz CT molecular complexity index is 474. The molecule has 1 aliphatic carbocycles. The first-order valence-corrected chi connectivity index (χ1v) is 7.80. The average molecular weight is 285 g/mol. The standard InChI is InChI=1S/C18H27N3/c1-4-5-9-14-21(3)17(19-2)20-15-18(12-13-18)16-10-7-6-8-11-16/h4,6-8,10-11H,1,5,9,12-15H2,2-3H3,(H,19,20). The number of nitrogens with zero attached hydrogens (tertiary/aromatic N) is 2. The number of hydrogen-bond acceptors (Lipinski definition) is 1. The molecule has 1 aliphatic rings. The van der Waals surface area contributed by atoms with Crippen LogP contribution in [0.2, 0.25) is 0 Å². The maximum absolute atomic E-state index is 4.40. The van der Waals surface area contributed by atoms with Gasteiger partial charge in [0, 0.05) is 32.6 Å². The van der Waals surface area contributed by atoms with Crippen LogP contribution in [-0.2, 0) is 5.41 Å². The summed E-state index contributed by atoms with van der Waals surface area (Å²) in [7, 11) is 3.95. The van der Waals surface area contributed by atoms with Gasteiger partial charge in [-0.25, -0.2) is 0 Å². The number of unbranched alkanes of at least 4 members (excludes halogenated alkanes) is 1. The summed E-state index contributed by atoms with van der Waals surface area (Å²) < 4.78 is 0. The van der Waals surface area contributed by atoms with Crippen LogP contribution in [0.3, 0.4) is 0 Å². The minimum Gasteiger partial charge on any atom is -0.355 e. The molecule has 3 nitrogen and oxygen atoms in total. The number of allylic oxidation sites excluding steroid dienone is 1. The first-order chi connectivity index (χ1) is 10.2. The van der Waals surface area contributed by atoms with Crippen molar-refractivity contribution in [1.82, 2.24) is 10.2 Å². The molecule has 0 aromatic heterocycles. The predicted octanol–water partition coefficient (Wildman–Crippen LogP) is 3.19. The monoisotopic (exact) mass is 285 g/mol. The molecule has 0 saturated heterocycles. The van der Waals surface area contributed by atoms with E-state index in [1.54, 1.807) is 0 Å². The summed E-state index contributed by atoms with van der Waals surface area (Å²) in [5, 5.41) is 3.55. The molecule has 0 bridgehead atoms. The lowest BCUT2D eigenvalue weighted by Crippen LogP contribution is -2.42. The van der Waals surface area contributed by atoms with Crippen molar-refractivity contribution in [3.05, 3.63) is 48.6 Å². The van der Waals surface area contributed by atoms with Crippen LogP contribution < -0.4 is 5.32 Å². The van der Waals surface area contributed by atoms with Crippen molar-refractivity contribution < 1.29 is 0 Å². The van der Waals surface area contributed by atoms with Gasteiger partial charge in [0.05, 0.1) is 0 Å². The van der Waals surface area contributed by atoms with Gasteiger partial charge in [-0.1, -0.05) is 36.4 Å². The summed E-state index contributed by atoms with van der Waals surface area (Å²) in [4.78, 5) is 6.60. The smallest absolute Gasteiger partial charge is 0.193 e. The van der Waals surface area contributed by atoms with Crippen molar-refractivity contribution in [2.24, 2.45) is 4.99 Å². The number of guanidine groups is 1. The van der Waals surface area contributed by atoms with Crippen LogP contribution in [0.25, 0.3) is 0 Å². The fourth-order valence-electron chi connectivity index (χ4n) is 2.72. The summed E-state index contributed by atoms with van der Waals surface area (Å²) in [5.74, 6) is 0.987. The summed E-state index contributed by atoms with van der Waals surface area (Å²) in [5.41, 5.74) is 1.77. The zero-order valence-corrected chi connectivity index (χ0v) is 13.3. The second-order valence-electron chi connectivity index (χ2n) is 5.90. The molecule has 0 atom stereocenters. The van der Waals surface area contributed by atoms with E-state index in [-0.39, 0.29) is 0 Å². The van der Waals surface area contributed by atoms with E-state index in [9.17, 15) is 0 Å². The van der Waals surface area contributed by atoms with Crippen molar-refractivity contribution in [2.75, 3.05) is 27.2 Å². The van der Waals surface area contributed by atoms with Gasteiger partial charge in [0.15, 0.2) is 5.96 Å². The van der Waals surface area contributed by atoms with Crippen molar-refractivity contribution in [3.8, 4) is 0 Å². The number of benzene rings is 1. The molecule has 0 aliphatic heterocycles. The van der Waals surface area contributed by atoms with E-state index in [4.69, 9.17) is 0 Å². The predicted molar refractivity (Wildman–Crippen MR) is 90.8 cm³/mol. The highest BCUT2D eigenvalue weighted by atomic mass is 15.3. The van der Waals surface area contributed by atoms with E-state index in [2.05, 4.69) is 59.2 Å². The fourth-order valence-corrected chi connectivity index (χ4v) is 2.72.